The quantitative estimate of drug-likeness (QED) is 0.763. The molecule has 0 aliphatic carbocycles. The highest BCUT2D eigenvalue weighted by Crippen LogP contribution is 2.21. The first-order chi connectivity index (χ1) is 7.97. The molecule has 0 saturated heterocycles. The van der Waals surface area contributed by atoms with Gasteiger partial charge >= 0.3 is 0 Å². The van der Waals surface area contributed by atoms with Crippen LogP contribution in [0.3, 0.4) is 0 Å². The lowest BCUT2D eigenvalue weighted by Crippen LogP contribution is -2.29. The molecule has 1 aromatic carbocycles. The molecule has 0 aliphatic heterocycles. The molecule has 0 radical (unpaired) electrons. The van der Waals surface area contributed by atoms with Gasteiger partial charge in [0.1, 0.15) is 0 Å². The summed E-state index contributed by atoms with van der Waals surface area (Å²) in [6, 6.07) is 3.31. The number of benzene rings is 1. The summed E-state index contributed by atoms with van der Waals surface area (Å²) in [5.41, 5.74) is 0.550. The van der Waals surface area contributed by atoms with Crippen molar-refractivity contribution in [3.63, 3.8) is 0 Å². The Morgan fingerprint density at radius 1 is 1.41 bits per heavy atom. The Hall–Kier alpha value is -1.16. The number of halogens is 3. The Bertz CT molecular complexity index is 411. The SMILES string of the molecule is CC(c1ccc(F)c(F)c1)N(C)C(=O)CCCl. The van der Waals surface area contributed by atoms with E-state index in [1.807, 2.05) is 0 Å². The molecule has 1 unspecified atom stereocenters. The van der Waals surface area contributed by atoms with E-state index in [9.17, 15) is 13.6 Å². The molecular formula is C12H14ClF2NO. The molecule has 5 heteroatoms. The van der Waals surface area contributed by atoms with Gasteiger partial charge in [0.2, 0.25) is 5.91 Å². The van der Waals surface area contributed by atoms with Crippen molar-refractivity contribution in [2.75, 3.05) is 12.9 Å². The topological polar surface area (TPSA) is 20.3 Å². The second kappa shape index (κ2) is 5.96. The maximum absolute atomic E-state index is 13.1. The first-order valence-corrected chi connectivity index (χ1v) is 5.77. The van der Waals surface area contributed by atoms with Crippen LogP contribution in [0.4, 0.5) is 8.78 Å². The Labute approximate surface area is 104 Å². The van der Waals surface area contributed by atoms with Crippen molar-refractivity contribution in [1.82, 2.24) is 4.90 Å². The number of hydrogen-bond donors (Lipinski definition) is 0. The first kappa shape index (κ1) is 13.9. The lowest BCUT2D eigenvalue weighted by molar-refractivity contribution is -0.131. The molecule has 0 heterocycles. The van der Waals surface area contributed by atoms with Crippen LogP contribution < -0.4 is 0 Å². The zero-order chi connectivity index (χ0) is 13.0. The Balaban J connectivity index is 2.84. The normalized spacial score (nSPS) is 12.3. The van der Waals surface area contributed by atoms with Crippen LogP contribution in [0.2, 0.25) is 0 Å². The number of carbonyl (C=O) groups excluding carboxylic acids is 1. The van der Waals surface area contributed by atoms with Gasteiger partial charge in [-0.25, -0.2) is 8.78 Å². The van der Waals surface area contributed by atoms with Crippen molar-refractivity contribution >= 4 is 17.5 Å². The van der Waals surface area contributed by atoms with E-state index < -0.39 is 11.6 Å². The molecule has 1 amide bonds. The average Bonchev–Trinajstić information content (AvgIpc) is 2.31. The Morgan fingerprint density at radius 3 is 2.59 bits per heavy atom. The number of nitrogens with zero attached hydrogens (tertiary/aromatic N) is 1. The molecule has 0 bridgehead atoms. The minimum absolute atomic E-state index is 0.128. The predicted octanol–water partition coefficient (Wildman–Crippen LogP) is 3.11. The molecule has 0 fully saturated rings. The maximum atomic E-state index is 13.1. The van der Waals surface area contributed by atoms with Gasteiger partial charge in [0.15, 0.2) is 11.6 Å². The van der Waals surface area contributed by atoms with Gasteiger partial charge in [-0.15, -0.1) is 11.6 Å². The molecule has 2 nitrogen and oxygen atoms in total. The zero-order valence-corrected chi connectivity index (χ0v) is 10.5. The highest BCUT2D eigenvalue weighted by molar-refractivity contribution is 6.18. The fourth-order valence-corrected chi connectivity index (χ4v) is 1.63. The standard InChI is InChI=1S/C12H14ClF2NO/c1-8(16(2)12(17)5-6-13)9-3-4-10(14)11(15)7-9/h3-4,7-8H,5-6H2,1-2H3. The van der Waals surface area contributed by atoms with Crippen LogP contribution in [0.15, 0.2) is 18.2 Å². The monoisotopic (exact) mass is 261 g/mol. The summed E-state index contributed by atoms with van der Waals surface area (Å²) in [6.07, 6.45) is 0.228. The number of rotatable bonds is 4. The van der Waals surface area contributed by atoms with E-state index in [1.54, 1.807) is 14.0 Å². The Kier molecular flexibility index (Phi) is 4.87. The molecule has 1 atom stereocenters. The van der Waals surface area contributed by atoms with E-state index in [0.29, 0.717) is 5.56 Å². The van der Waals surface area contributed by atoms with Gasteiger partial charge in [-0.3, -0.25) is 4.79 Å². The highest BCUT2D eigenvalue weighted by atomic mass is 35.5. The zero-order valence-electron chi connectivity index (χ0n) is 9.71. The van der Waals surface area contributed by atoms with Crippen molar-refractivity contribution < 1.29 is 13.6 Å². The number of amides is 1. The molecule has 0 saturated carbocycles. The molecule has 94 valence electrons. The minimum Gasteiger partial charge on any atom is -0.339 e. The summed E-state index contributed by atoms with van der Waals surface area (Å²) < 4.78 is 25.8. The fourth-order valence-electron chi connectivity index (χ4n) is 1.47. The fraction of sp³-hybridized carbons (Fsp3) is 0.417. The summed E-state index contributed by atoms with van der Waals surface area (Å²) in [6.45, 7) is 1.75. The van der Waals surface area contributed by atoms with E-state index in [0.717, 1.165) is 12.1 Å². The smallest absolute Gasteiger partial charge is 0.224 e. The predicted molar refractivity (Wildman–Crippen MR) is 62.9 cm³/mol. The van der Waals surface area contributed by atoms with Crippen molar-refractivity contribution in [1.29, 1.82) is 0 Å². The molecule has 0 aliphatic rings. The van der Waals surface area contributed by atoms with Crippen LogP contribution >= 0.6 is 11.6 Å². The molecule has 1 aromatic rings. The van der Waals surface area contributed by atoms with Gasteiger partial charge < -0.3 is 4.90 Å². The van der Waals surface area contributed by atoms with Gasteiger partial charge in [-0.05, 0) is 24.6 Å². The highest BCUT2D eigenvalue weighted by Gasteiger charge is 2.17. The third-order valence-corrected chi connectivity index (χ3v) is 2.90. The average molecular weight is 262 g/mol. The third kappa shape index (κ3) is 3.40. The van der Waals surface area contributed by atoms with Gasteiger partial charge in [-0.1, -0.05) is 6.07 Å². The molecule has 1 rings (SSSR count). The molecule has 0 aromatic heterocycles. The van der Waals surface area contributed by atoms with Crippen LogP contribution in [0.5, 0.6) is 0 Å². The van der Waals surface area contributed by atoms with E-state index in [1.165, 1.54) is 11.0 Å². The van der Waals surface area contributed by atoms with Crippen LogP contribution in [0, 0.1) is 11.6 Å². The van der Waals surface area contributed by atoms with E-state index in [4.69, 9.17) is 11.6 Å². The third-order valence-electron chi connectivity index (χ3n) is 2.71. The summed E-state index contributed by atoms with van der Waals surface area (Å²) in [4.78, 5) is 13.1. The van der Waals surface area contributed by atoms with E-state index in [2.05, 4.69) is 0 Å². The molecule has 0 N–H and O–H groups in total. The van der Waals surface area contributed by atoms with Gasteiger partial charge in [0.25, 0.3) is 0 Å². The van der Waals surface area contributed by atoms with Crippen LogP contribution in [-0.4, -0.2) is 23.7 Å². The largest absolute Gasteiger partial charge is 0.339 e. The summed E-state index contributed by atoms with van der Waals surface area (Å²) in [5, 5.41) is 0. The van der Waals surface area contributed by atoms with Gasteiger partial charge in [-0.2, -0.15) is 0 Å². The van der Waals surface area contributed by atoms with Gasteiger partial charge in [0, 0.05) is 19.3 Å². The first-order valence-electron chi connectivity index (χ1n) is 5.24. The van der Waals surface area contributed by atoms with E-state index in [-0.39, 0.29) is 24.2 Å². The lowest BCUT2D eigenvalue weighted by atomic mass is 10.1. The van der Waals surface area contributed by atoms with Crippen molar-refractivity contribution in [2.24, 2.45) is 0 Å². The van der Waals surface area contributed by atoms with Crippen molar-refractivity contribution in [3.8, 4) is 0 Å². The summed E-state index contributed by atoms with van der Waals surface area (Å²) in [5.74, 6) is -1.69. The maximum Gasteiger partial charge on any atom is 0.224 e. The second-order valence-electron chi connectivity index (χ2n) is 3.79. The second-order valence-corrected chi connectivity index (χ2v) is 4.17. The Morgan fingerprint density at radius 2 is 2.06 bits per heavy atom. The summed E-state index contributed by atoms with van der Waals surface area (Å²) >= 11 is 5.48. The van der Waals surface area contributed by atoms with Crippen LogP contribution in [-0.2, 0) is 4.79 Å². The molecule has 17 heavy (non-hydrogen) atoms. The number of hydrogen-bond acceptors (Lipinski definition) is 1. The van der Waals surface area contributed by atoms with Crippen LogP contribution in [0.25, 0.3) is 0 Å². The van der Waals surface area contributed by atoms with Gasteiger partial charge in [0.05, 0.1) is 6.04 Å². The summed E-state index contributed by atoms with van der Waals surface area (Å²) in [7, 11) is 1.61. The van der Waals surface area contributed by atoms with E-state index >= 15 is 0 Å². The molecular weight excluding hydrogens is 248 g/mol. The lowest BCUT2D eigenvalue weighted by Gasteiger charge is -2.25. The van der Waals surface area contributed by atoms with Crippen molar-refractivity contribution in [3.05, 3.63) is 35.4 Å². The van der Waals surface area contributed by atoms with Crippen LogP contribution in [0.1, 0.15) is 24.9 Å². The number of carbonyl (C=O) groups is 1. The number of alkyl halides is 1. The molecule has 0 spiro atoms. The minimum atomic E-state index is -0.910. The van der Waals surface area contributed by atoms with Crippen molar-refractivity contribution in [2.45, 2.75) is 19.4 Å².